The zero-order valence-corrected chi connectivity index (χ0v) is 81.1. The van der Waals surface area contributed by atoms with Crippen LogP contribution in [0, 0.1) is 0 Å². The third-order valence-electron chi connectivity index (χ3n) is 30.8. The summed E-state index contributed by atoms with van der Waals surface area (Å²) in [4.78, 5) is 0. The number of fused-ring (bicyclic) bond motifs is 25. The molecule has 0 saturated heterocycles. The van der Waals surface area contributed by atoms with Crippen LogP contribution in [0.1, 0.15) is 0 Å². The van der Waals surface area contributed by atoms with Crippen LogP contribution in [0.15, 0.2) is 548 Å². The van der Waals surface area contributed by atoms with Gasteiger partial charge in [-0.15, -0.1) is 0 Å². The Balaban J connectivity index is 0.000000104. The fourth-order valence-corrected chi connectivity index (χ4v) is 24.0. The third-order valence-corrected chi connectivity index (χ3v) is 30.8. The zero-order valence-electron chi connectivity index (χ0n) is 81.1. The van der Waals surface area contributed by atoms with E-state index in [2.05, 4.69) is 510 Å². The first-order valence-electron chi connectivity index (χ1n) is 51.2. The van der Waals surface area contributed by atoms with E-state index in [1.807, 2.05) is 12.1 Å². The average molecular weight is 1910 g/mol. The summed E-state index contributed by atoms with van der Waals surface area (Å²) in [7, 11) is 0. The standard InChI is InChI=1S/C56H34O2.2C44H26O2/c1-4-14-35(15-5-1)40-28-30-50-46(32-40)48-34-49-47-33-41(36-16-6-2-7-17-36)29-31-51(47)58-56(49)54(55(48)57-50)39-26-24-38(25-27-39)53-44-22-12-10-20-42(44)52(37-18-8-3-9-19-37)43-21-11-13-23-45(43)53;1-3-12-27(13-4-1)30-20-11-21-36-38-25-24-37-31-23-22-29(26-39(31)45-43(37)44(38)46-42(30)36)41-34-18-9-7-16-32(34)40(28-14-5-2-6-15-28)33-17-8-10-19-35(33)41;1-3-11-27(12-4-1)29-19-21-39-35(23-29)37-25-42-38(26-41(37)45-39)36-24-30(20-22-40(36)46-42)44-33-17-9-7-15-31(33)43(28-13-5-2-6-14-28)32-16-8-10-18-34(32)44/h1-34H;2*1-26H. The lowest BCUT2D eigenvalue weighted by Crippen LogP contribution is -1.91. The van der Waals surface area contributed by atoms with Crippen LogP contribution in [-0.4, -0.2) is 0 Å². The van der Waals surface area contributed by atoms with E-state index in [-0.39, 0.29) is 0 Å². The van der Waals surface area contributed by atoms with Crippen LogP contribution in [0.4, 0.5) is 0 Å². The van der Waals surface area contributed by atoms with E-state index in [9.17, 15) is 0 Å². The highest BCUT2D eigenvalue weighted by atomic mass is 16.4. The van der Waals surface area contributed by atoms with Crippen molar-refractivity contribution in [2.45, 2.75) is 0 Å². The Morgan fingerprint density at radius 3 is 0.680 bits per heavy atom. The van der Waals surface area contributed by atoms with Crippen molar-refractivity contribution in [1.29, 1.82) is 0 Å². The highest BCUT2D eigenvalue weighted by Gasteiger charge is 2.28. The molecule has 0 aliphatic carbocycles. The maximum atomic E-state index is 6.85. The minimum Gasteiger partial charge on any atom is -0.456 e. The highest BCUT2D eigenvalue weighted by molar-refractivity contribution is 6.29. The van der Waals surface area contributed by atoms with E-state index < -0.39 is 0 Å². The van der Waals surface area contributed by atoms with Crippen molar-refractivity contribution in [3.63, 3.8) is 0 Å². The molecule has 6 aromatic heterocycles. The molecule has 32 aromatic rings. The Labute approximate surface area is 860 Å². The molecule has 0 bridgehead atoms. The molecule has 150 heavy (non-hydrogen) atoms. The summed E-state index contributed by atoms with van der Waals surface area (Å²) >= 11 is 0. The van der Waals surface area contributed by atoms with E-state index in [4.69, 9.17) is 26.5 Å². The average Bonchev–Trinajstić information content (AvgIpc) is 1.59. The van der Waals surface area contributed by atoms with Crippen LogP contribution in [0.3, 0.4) is 0 Å². The molecule has 0 unspecified atom stereocenters. The van der Waals surface area contributed by atoms with Gasteiger partial charge in [0.25, 0.3) is 0 Å². The van der Waals surface area contributed by atoms with Gasteiger partial charge in [0, 0.05) is 70.2 Å². The van der Waals surface area contributed by atoms with Crippen LogP contribution in [-0.2, 0) is 0 Å². The van der Waals surface area contributed by atoms with Crippen molar-refractivity contribution in [3.8, 4) is 122 Å². The molecule has 6 heterocycles. The van der Waals surface area contributed by atoms with Gasteiger partial charge in [-0.2, -0.15) is 0 Å². The van der Waals surface area contributed by atoms with Crippen molar-refractivity contribution in [2.24, 2.45) is 0 Å². The molecule has 6 nitrogen and oxygen atoms in total. The Morgan fingerprint density at radius 2 is 0.313 bits per heavy atom. The second-order valence-electron chi connectivity index (χ2n) is 39.2. The summed E-state index contributed by atoms with van der Waals surface area (Å²) in [5, 5.41) is 27.8. The van der Waals surface area contributed by atoms with E-state index >= 15 is 0 Å². The van der Waals surface area contributed by atoms with E-state index in [0.29, 0.717) is 0 Å². The molecule has 0 saturated carbocycles. The van der Waals surface area contributed by atoms with Crippen molar-refractivity contribution in [3.05, 3.63) is 522 Å². The largest absolute Gasteiger partial charge is 0.456 e. The van der Waals surface area contributed by atoms with Gasteiger partial charge in [0.1, 0.15) is 55.8 Å². The van der Waals surface area contributed by atoms with Crippen LogP contribution in [0.25, 0.3) is 319 Å². The number of hydrogen-bond donors (Lipinski definition) is 0. The second-order valence-corrected chi connectivity index (χ2v) is 39.2. The van der Waals surface area contributed by atoms with Crippen LogP contribution in [0.2, 0.25) is 0 Å². The van der Waals surface area contributed by atoms with Crippen LogP contribution >= 0.6 is 0 Å². The maximum Gasteiger partial charge on any atom is 0.178 e. The predicted molar refractivity (Wildman–Crippen MR) is 628 cm³/mol. The van der Waals surface area contributed by atoms with Gasteiger partial charge in [-0.3, -0.25) is 0 Å². The summed E-state index contributed by atoms with van der Waals surface area (Å²) in [5.74, 6) is 0. The molecule has 32 rings (SSSR count). The first-order chi connectivity index (χ1) is 74.4. The quantitative estimate of drug-likeness (QED) is 0.120. The zero-order chi connectivity index (χ0) is 98.5. The predicted octanol–water partition coefficient (Wildman–Crippen LogP) is 41.7. The fraction of sp³-hybridized carbons (Fsp3) is 0. The molecule has 0 radical (unpaired) electrons. The summed E-state index contributed by atoms with van der Waals surface area (Å²) < 4.78 is 40.0. The molecule has 0 fully saturated rings. The summed E-state index contributed by atoms with van der Waals surface area (Å²) in [6.07, 6.45) is 0. The number of hydrogen-bond acceptors (Lipinski definition) is 6. The van der Waals surface area contributed by atoms with Gasteiger partial charge in [0.2, 0.25) is 0 Å². The van der Waals surface area contributed by atoms with Crippen LogP contribution < -0.4 is 0 Å². The Kier molecular flexibility index (Phi) is 20.0. The normalized spacial score (nSPS) is 11.9. The molecule has 0 N–H and O–H groups in total. The van der Waals surface area contributed by atoms with Gasteiger partial charge >= 0.3 is 0 Å². The van der Waals surface area contributed by atoms with Crippen molar-refractivity contribution in [2.75, 3.05) is 0 Å². The first-order valence-corrected chi connectivity index (χ1v) is 51.2. The fourth-order valence-electron chi connectivity index (χ4n) is 24.0. The monoisotopic (exact) mass is 1910 g/mol. The van der Waals surface area contributed by atoms with Gasteiger partial charge in [-0.05, 0) is 267 Å². The van der Waals surface area contributed by atoms with Gasteiger partial charge in [0.15, 0.2) is 11.2 Å². The maximum absolute atomic E-state index is 6.85. The molecule has 0 aliphatic heterocycles. The minimum absolute atomic E-state index is 0.786. The highest BCUT2D eigenvalue weighted by Crippen LogP contribution is 2.54. The minimum atomic E-state index is 0.786. The molecule has 6 heteroatoms. The van der Waals surface area contributed by atoms with Crippen molar-refractivity contribution < 1.29 is 26.5 Å². The number of benzene rings is 26. The van der Waals surface area contributed by atoms with Crippen molar-refractivity contribution >= 4 is 196 Å². The SMILES string of the molecule is c1ccc(-c2c3ccccc3c(-c3ccc4c(c3)oc3c4ccc4c5cccc(-c6ccccc6)c5oc43)c3ccccc23)cc1.c1ccc(-c2ccc3oc4c(-c5ccc(-c6c7ccccc7c(-c7ccccc7)c7ccccc67)cc5)c5oc6ccc(-c7ccccc7)cc6c5cc4c3c2)cc1.c1ccc(-c2ccc3oc4cc5c(cc4c3c2)oc2ccc(-c3c4ccccc4c(-c4ccccc4)c4ccccc34)cc25)cc1. The number of para-hydroxylation sites is 1. The molecule has 0 spiro atoms. The smallest absolute Gasteiger partial charge is 0.178 e. The Morgan fingerprint density at radius 1 is 0.0867 bits per heavy atom. The van der Waals surface area contributed by atoms with Gasteiger partial charge in [0.05, 0.1) is 5.56 Å². The van der Waals surface area contributed by atoms with E-state index in [0.717, 1.165) is 176 Å². The molecule has 698 valence electrons. The first kappa shape index (κ1) is 85.6. The lowest BCUT2D eigenvalue weighted by Gasteiger charge is -2.18. The summed E-state index contributed by atoms with van der Waals surface area (Å²) in [6.45, 7) is 0. The van der Waals surface area contributed by atoms with E-state index in [1.165, 1.54) is 143 Å². The molecule has 0 aliphatic rings. The summed E-state index contributed by atoms with van der Waals surface area (Å²) in [6, 6.07) is 186. The molecular formula is C144H86O6. The molecule has 0 amide bonds. The lowest BCUT2D eigenvalue weighted by molar-refractivity contribution is 0.634. The van der Waals surface area contributed by atoms with Gasteiger partial charge in [-0.1, -0.05) is 431 Å². The van der Waals surface area contributed by atoms with E-state index in [1.54, 1.807) is 0 Å². The molecular weight excluding hydrogens is 1830 g/mol. The Hall–Kier alpha value is -19.9. The molecule has 0 atom stereocenters. The van der Waals surface area contributed by atoms with Crippen LogP contribution in [0.5, 0.6) is 0 Å². The third kappa shape index (κ3) is 14.0. The summed E-state index contributed by atoms with van der Waals surface area (Å²) in [5.41, 5.74) is 36.0. The molecule has 26 aromatic carbocycles. The Bertz CT molecular complexity index is 10800. The van der Waals surface area contributed by atoms with Crippen molar-refractivity contribution in [1.82, 2.24) is 0 Å². The number of furan rings is 6. The van der Waals surface area contributed by atoms with Gasteiger partial charge < -0.3 is 26.5 Å². The topological polar surface area (TPSA) is 78.8 Å². The van der Waals surface area contributed by atoms with Gasteiger partial charge in [-0.25, -0.2) is 0 Å². The lowest BCUT2D eigenvalue weighted by atomic mass is 9.85. The number of rotatable bonds is 11. The second kappa shape index (κ2) is 35.0.